The lowest BCUT2D eigenvalue weighted by molar-refractivity contribution is 0.584. The molecule has 0 atom stereocenters. The highest BCUT2D eigenvalue weighted by atomic mass is 35.5. The largest absolute Gasteiger partial charge is 0.372 e. The van der Waals surface area contributed by atoms with Crippen LogP contribution in [0.4, 0.5) is 5.82 Å². The number of halogens is 1. The van der Waals surface area contributed by atoms with Gasteiger partial charge >= 0.3 is 0 Å². The number of aromatic nitrogens is 1. The Hall–Kier alpha value is -0.500. The van der Waals surface area contributed by atoms with Crippen LogP contribution in [0.1, 0.15) is 0 Å². The highest BCUT2D eigenvalue weighted by molar-refractivity contribution is 7.98. The second kappa shape index (κ2) is 6.44. The van der Waals surface area contributed by atoms with Crippen molar-refractivity contribution in [2.45, 2.75) is 4.90 Å². The van der Waals surface area contributed by atoms with E-state index in [1.54, 1.807) is 18.8 Å². The van der Waals surface area contributed by atoms with E-state index in [-0.39, 0.29) is 9.92 Å². The van der Waals surface area contributed by atoms with E-state index >= 15 is 0 Å². The van der Waals surface area contributed by atoms with Crippen LogP contribution in [0.15, 0.2) is 17.2 Å². The molecule has 0 unspecified atom stereocenters. The lowest BCUT2D eigenvalue weighted by Crippen LogP contribution is -2.26. The first-order valence-corrected chi connectivity index (χ1v) is 8.08. The van der Waals surface area contributed by atoms with Crippen molar-refractivity contribution in [1.82, 2.24) is 9.71 Å². The molecule has 0 spiro atoms. The third kappa shape index (κ3) is 4.02. The summed E-state index contributed by atoms with van der Waals surface area (Å²) in [7, 11) is -1.85. The van der Waals surface area contributed by atoms with Gasteiger partial charge in [-0.3, -0.25) is 0 Å². The van der Waals surface area contributed by atoms with Gasteiger partial charge in [0.2, 0.25) is 10.0 Å². The SMILES string of the molecule is CNc1ncc(S(=O)(=O)NCCSC)cc1Cl. The molecule has 0 aromatic carbocycles. The zero-order chi connectivity index (χ0) is 12.9. The Kier molecular flexibility index (Phi) is 5.51. The smallest absolute Gasteiger partial charge is 0.242 e. The molecule has 1 aromatic heterocycles. The number of anilines is 1. The summed E-state index contributed by atoms with van der Waals surface area (Å²) in [6.45, 7) is 0.384. The quantitative estimate of drug-likeness (QED) is 0.777. The highest BCUT2D eigenvalue weighted by Crippen LogP contribution is 2.21. The molecule has 2 N–H and O–H groups in total. The van der Waals surface area contributed by atoms with Gasteiger partial charge in [-0.1, -0.05) is 11.6 Å². The number of nitrogens with one attached hydrogen (secondary N) is 2. The van der Waals surface area contributed by atoms with Crippen molar-refractivity contribution in [2.24, 2.45) is 0 Å². The van der Waals surface area contributed by atoms with Crippen LogP contribution in [-0.2, 0) is 10.0 Å². The molecule has 17 heavy (non-hydrogen) atoms. The van der Waals surface area contributed by atoms with Crippen LogP contribution in [0.25, 0.3) is 0 Å². The van der Waals surface area contributed by atoms with Gasteiger partial charge < -0.3 is 5.32 Å². The normalized spacial score (nSPS) is 11.5. The Morgan fingerprint density at radius 3 is 2.76 bits per heavy atom. The van der Waals surface area contributed by atoms with Crippen molar-refractivity contribution in [3.63, 3.8) is 0 Å². The van der Waals surface area contributed by atoms with Gasteiger partial charge in [0.15, 0.2) is 0 Å². The Bertz CT molecular complexity index is 479. The standard InChI is InChI=1S/C9H14ClN3O2S2/c1-11-9-8(10)5-7(6-12-9)17(14,15)13-3-4-16-2/h5-6,13H,3-4H2,1-2H3,(H,11,12). The van der Waals surface area contributed by atoms with E-state index in [2.05, 4.69) is 15.0 Å². The van der Waals surface area contributed by atoms with Crippen molar-refractivity contribution in [1.29, 1.82) is 0 Å². The molecule has 0 aliphatic heterocycles. The number of thioether (sulfide) groups is 1. The summed E-state index contributed by atoms with van der Waals surface area (Å²) in [6, 6.07) is 1.38. The maximum absolute atomic E-state index is 11.8. The van der Waals surface area contributed by atoms with E-state index in [4.69, 9.17) is 11.6 Å². The molecule has 96 valence electrons. The Balaban J connectivity index is 2.88. The Morgan fingerprint density at radius 2 is 2.24 bits per heavy atom. The van der Waals surface area contributed by atoms with Gasteiger partial charge in [0.1, 0.15) is 10.7 Å². The van der Waals surface area contributed by atoms with Gasteiger partial charge in [-0.05, 0) is 12.3 Å². The minimum Gasteiger partial charge on any atom is -0.372 e. The molecule has 0 aliphatic carbocycles. The van der Waals surface area contributed by atoms with E-state index in [0.29, 0.717) is 12.4 Å². The molecule has 0 aliphatic rings. The van der Waals surface area contributed by atoms with Gasteiger partial charge in [0.05, 0.1) is 5.02 Å². The van der Waals surface area contributed by atoms with E-state index in [1.165, 1.54) is 12.3 Å². The summed E-state index contributed by atoms with van der Waals surface area (Å²) in [5.41, 5.74) is 0. The third-order valence-corrected chi connectivity index (χ3v) is 4.29. The first-order valence-electron chi connectivity index (χ1n) is 4.83. The molecule has 1 heterocycles. The van der Waals surface area contributed by atoms with Crippen LogP contribution in [0.3, 0.4) is 0 Å². The molecule has 0 saturated heterocycles. The monoisotopic (exact) mass is 295 g/mol. The lowest BCUT2D eigenvalue weighted by atomic mass is 10.4. The summed E-state index contributed by atoms with van der Waals surface area (Å²) in [5, 5.41) is 3.04. The molecular weight excluding hydrogens is 282 g/mol. The Morgan fingerprint density at radius 1 is 1.53 bits per heavy atom. The number of hydrogen-bond donors (Lipinski definition) is 2. The molecular formula is C9H14ClN3O2S2. The molecule has 1 rings (SSSR count). The predicted octanol–water partition coefficient (Wildman–Crippen LogP) is 1.42. The minimum absolute atomic E-state index is 0.0719. The maximum Gasteiger partial charge on any atom is 0.242 e. The van der Waals surface area contributed by atoms with Crippen LogP contribution < -0.4 is 10.0 Å². The molecule has 8 heteroatoms. The molecule has 1 aromatic rings. The van der Waals surface area contributed by atoms with E-state index in [9.17, 15) is 8.42 Å². The third-order valence-electron chi connectivity index (χ3n) is 1.96. The van der Waals surface area contributed by atoms with Crippen LogP contribution in [-0.4, -0.2) is 39.0 Å². The fraction of sp³-hybridized carbons (Fsp3) is 0.444. The second-order valence-corrected chi connectivity index (χ2v) is 6.30. The number of sulfonamides is 1. The molecule has 5 nitrogen and oxygen atoms in total. The molecule has 0 saturated carbocycles. The van der Waals surface area contributed by atoms with Gasteiger partial charge in [0, 0.05) is 25.5 Å². The first-order chi connectivity index (χ1) is 8.01. The van der Waals surface area contributed by atoms with Crippen LogP contribution in [0.5, 0.6) is 0 Å². The van der Waals surface area contributed by atoms with Gasteiger partial charge in [0.25, 0.3) is 0 Å². The average molecular weight is 296 g/mol. The summed E-state index contributed by atoms with van der Waals surface area (Å²) < 4.78 is 26.1. The highest BCUT2D eigenvalue weighted by Gasteiger charge is 2.15. The number of rotatable bonds is 6. The van der Waals surface area contributed by atoms with Crippen molar-refractivity contribution in [3.8, 4) is 0 Å². The van der Waals surface area contributed by atoms with Crippen molar-refractivity contribution in [2.75, 3.05) is 30.9 Å². The van der Waals surface area contributed by atoms with Gasteiger partial charge in [-0.15, -0.1) is 0 Å². The van der Waals surface area contributed by atoms with Crippen LogP contribution in [0, 0.1) is 0 Å². The number of hydrogen-bond acceptors (Lipinski definition) is 5. The van der Waals surface area contributed by atoms with Crippen LogP contribution >= 0.6 is 23.4 Å². The fourth-order valence-electron chi connectivity index (χ4n) is 1.11. The summed E-state index contributed by atoms with van der Waals surface area (Å²) in [6.07, 6.45) is 3.19. The molecule has 0 fully saturated rings. The lowest BCUT2D eigenvalue weighted by Gasteiger charge is -2.07. The molecule has 0 amide bonds. The van der Waals surface area contributed by atoms with Crippen molar-refractivity contribution >= 4 is 39.2 Å². The van der Waals surface area contributed by atoms with E-state index in [0.717, 1.165) is 5.75 Å². The zero-order valence-electron chi connectivity index (χ0n) is 9.53. The number of pyridine rings is 1. The second-order valence-electron chi connectivity index (χ2n) is 3.14. The van der Waals surface area contributed by atoms with Crippen molar-refractivity contribution < 1.29 is 8.42 Å². The van der Waals surface area contributed by atoms with Crippen molar-refractivity contribution in [3.05, 3.63) is 17.3 Å². The molecule has 0 radical (unpaired) electrons. The van der Waals surface area contributed by atoms with Gasteiger partial charge in [-0.2, -0.15) is 11.8 Å². The Labute approximate surface area is 110 Å². The summed E-state index contributed by atoms with van der Waals surface area (Å²) in [4.78, 5) is 4.00. The number of nitrogens with zero attached hydrogens (tertiary/aromatic N) is 1. The summed E-state index contributed by atoms with van der Waals surface area (Å²) >= 11 is 7.44. The van der Waals surface area contributed by atoms with Crippen LogP contribution in [0.2, 0.25) is 5.02 Å². The topological polar surface area (TPSA) is 71.1 Å². The fourth-order valence-corrected chi connectivity index (χ4v) is 2.88. The minimum atomic E-state index is -3.52. The molecule has 0 bridgehead atoms. The first kappa shape index (κ1) is 14.6. The predicted molar refractivity (Wildman–Crippen MR) is 72.4 cm³/mol. The average Bonchev–Trinajstić information content (AvgIpc) is 2.29. The van der Waals surface area contributed by atoms with E-state index < -0.39 is 10.0 Å². The maximum atomic E-state index is 11.8. The summed E-state index contributed by atoms with van der Waals surface area (Å²) in [5.74, 6) is 1.17. The van der Waals surface area contributed by atoms with Gasteiger partial charge in [-0.25, -0.2) is 18.1 Å². The zero-order valence-corrected chi connectivity index (χ0v) is 11.9. The van der Waals surface area contributed by atoms with E-state index in [1.807, 2.05) is 6.26 Å².